The summed E-state index contributed by atoms with van der Waals surface area (Å²) >= 11 is 0. The third-order valence-corrected chi connectivity index (χ3v) is 6.07. The Morgan fingerprint density at radius 3 is 2.42 bits per heavy atom. The van der Waals surface area contributed by atoms with Gasteiger partial charge >= 0.3 is 0 Å². The van der Waals surface area contributed by atoms with Crippen LogP contribution in [0, 0.1) is 5.82 Å². The quantitative estimate of drug-likeness (QED) is 0.502. The van der Waals surface area contributed by atoms with Crippen LogP contribution in [-0.4, -0.2) is 20.4 Å². The second-order valence-electron chi connectivity index (χ2n) is 8.12. The Morgan fingerprint density at radius 1 is 1.03 bits per heavy atom. The summed E-state index contributed by atoms with van der Waals surface area (Å²) in [6.07, 6.45) is 5.52. The Bertz CT molecular complexity index is 1260. The highest BCUT2D eigenvalue weighted by atomic mass is 19.1. The fraction of sp³-hybridized carbons (Fsp3) is 0.292. The smallest absolute Gasteiger partial charge is 0.257 e. The summed E-state index contributed by atoms with van der Waals surface area (Å²) in [5.74, 6) is -0.197. The first-order chi connectivity index (χ1) is 15.1. The molecule has 1 aliphatic carbocycles. The number of rotatable bonds is 4. The van der Waals surface area contributed by atoms with Crippen LogP contribution < -0.4 is 11.1 Å². The molecule has 2 heterocycles. The minimum atomic E-state index is -0.308. The van der Waals surface area contributed by atoms with Crippen molar-refractivity contribution in [3.63, 3.8) is 0 Å². The second-order valence-corrected chi connectivity index (χ2v) is 8.12. The van der Waals surface area contributed by atoms with Gasteiger partial charge in [-0.25, -0.2) is 14.4 Å². The van der Waals surface area contributed by atoms with E-state index in [2.05, 4.69) is 5.32 Å². The first-order valence-electron chi connectivity index (χ1n) is 10.7. The molecule has 7 heteroatoms. The molecule has 1 aliphatic rings. The largest absolute Gasteiger partial charge is 0.384 e. The molecule has 0 atom stereocenters. The van der Waals surface area contributed by atoms with Crippen molar-refractivity contribution >= 4 is 33.9 Å². The Kier molecular flexibility index (Phi) is 5.02. The zero-order chi connectivity index (χ0) is 21.4. The van der Waals surface area contributed by atoms with Crippen molar-refractivity contribution in [1.82, 2.24) is 19.9 Å². The summed E-state index contributed by atoms with van der Waals surface area (Å²) in [5, 5.41) is 2.91. The molecule has 0 spiro atoms. The number of hydrogen-bond acceptors (Lipinski definition) is 4. The van der Waals surface area contributed by atoms with Gasteiger partial charge in [-0.05, 0) is 42.7 Å². The highest BCUT2D eigenvalue weighted by Crippen LogP contribution is 2.37. The number of halogens is 1. The molecule has 1 amide bonds. The van der Waals surface area contributed by atoms with Gasteiger partial charge in [0.05, 0.1) is 11.0 Å². The second kappa shape index (κ2) is 7.98. The standard InChI is InChI=1S/C24H24FN5O/c25-16-12-10-15(11-13-16)14-27-24(31)20-21-23(29-19-9-5-4-8-18(19)28-21)30(22(20)26)17-6-2-1-3-7-17/h4-5,8-13,17H,1-3,6-7,14,26H2,(H,27,31). The number of nitrogens with two attached hydrogens (primary N) is 1. The molecule has 158 valence electrons. The predicted molar refractivity (Wildman–Crippen MR) is 119 cm³/mol. The number of benzene rings is 2. The lowest BCUT2D eigenvalue weighted by Crippen LogP contribution is -2.24. The number of carbonyl (C=O) groups is 1. The number of fused-ring (bicyclic) bond motifs is 2. The number of hydrogen-bond donors (Lipinski definition) is 2. The normalized spacial score (nSPS) is 14.9. The summed E-state index contributed by atoms with van der Waals surface area (Å²) in [7, 11) is 0. The van der Waals surface area contributed by atoms with Crippen molar-refractivity contribution in [2.75, 3.05) is 5.73 Å². The minimum Gasteiger partial charge on any atom is -0.384 e. The van der Waals surface area contributed by atoms with E-state index >= 15 is 0 Å². The number of nitrogens with zero attached hydrogens (tertiary/aromatic N) is 3. The molecule has 1 fully saturated rings. The summed E-state index contributed by atoms with van der Waals surface area (Å²) in [6, 6.07) is 13.9. The highest BCUT2D eigenvalue weighted by molar-refractivity contribution is 6.10. The molecule has 0 radical (unpaired) electrons. The zero-order valence-electron chi connectivity index (χ0n) is 17.1. The van der Waals surface area contributed by atoms with Gasteiger partial charge in [-0.1, -0.05) is 43.5 Å². The van der Waals surface area contributed by atoms with Gasteiger partial charge in [0.1, 0.15) is 22.7 Å². The maximum absolute atomic E-state index is 13.2. The average molecular weight is 417 g/mol. The number of amides is 1. The number of aromatic nitrogens is 3. The van der Waals surface area contributed by atoms with E-state index in [1.54, 1.807) is 12.1 Å². The molecule has 5 rings (SSSR count). The van der Waals surface area contributed by atoms with Crippen LogP contribution in [0.5, 0.6) is 0 Å². The first kappa shape index (κ1) is 19.5. The zero-order valence-corrected chi connectivity index (χ0v) is 17.1. The predicted octanol–water partition coefficient (Wildman–Crippen LogP) is 4.74. The lowest BCUT2D eigenvalue weighted by molar-refractivity contribution is 0.0953. The van der Waals surface area contributed by atoms with E-state index in [9.17, 15) is 9.18 Å². The molecule has 31 heavy (non-hydrogen) atoms. The molecule has 2 aromatic carbocycles. The maximum atomic E-state index is 13.2. The van der Waals surface area contributed by atoms with Crippen molar-refractivity contribution in [2.45, 2.75) is 44.7 Å². The van der Waals surface area contributed by atoms with Gasteiger partial charge in [-0.2, -0.15) is 0 Å². The van der Waals surface area contributed by atoms with Gasteiger partial charge in [0.15, 0.2) is 5.65 Å². The van der Waals surface area contributed by atoms with Crippen LogP contribution in [0.1, 0.15) is 54.1 Å². The SMILES string of the molecule is Nc1c(C(=O)NCc2ccc(F)cc2)c2nc3ccccc3nc2n1C1CCCCC1. The van der Waals surface area contributed by atoms with E-state index < -0.39 is 0 Å². The molecule has 1 saturated carbocycles. The Balaban J connectivity index is 1.58. The Hall–Kier alpha value is -3.48. The van der Waals surface area contributed by atoms with Crippen molar-refractivity contribution in [1.29, 1.82) is 0 Å². The molecule has 6 nitrogen and oxygen atoms in total. The monoisotopic (exact) mass is 417 g/mol. The fourth-order valence-electron chi connectivity index (χ4n) is 4.49. The summed E-state index contributed by atoms with van der Waals surface area (Å²) in [6.45, 7) is 0.273. The number of carbonyl (C=O) groups excluding carboxylic acids is 1. The molecule has 2 aromatic heterocycles. The molecule has 0 saturated heterocycles. The van der Waals surface area contributed by atoms with E-state index in [0.29, 0.717) is 22.5 Å². The van der Waals surface area contributed by atoms with Crippen LogP contribution in [0.2, 0.25) is 0 Å². The van der Waals surface area contributed by atoms with Crippen LogP contribution in [-0.2, 0) is 6.54 Å². The van der Waals surface area contributed by atoms with Crippen LogP contribution in [0.25, 0.3) is 22.2 Å². The van der Waals surface area contributed by atoms with Crippen molar-refractivity contribution in [3.05, 3.63) is 65.5 Å². The lowest BCUT2D eigenvalue weighted by atomic mass is 9.95. The molecular weight excluding hydrogens is 393 g/mol. The topological polar surface area (TPSA) is 85.8 Å². The summed E-state index contributed by atoms with van der Waals surface area (Å²) < 4.78 is 15.2. The first-order valence-corrected chi connectivity index (χ1v) is 10.7. The van der Waals surface area contributed by atoms with Crippen molar-refractivity contribution < 1.29 is 9.18 Å². The summed E-state index contributed by atoms with van der Waals surface area (Å²) in [4.78, 5) is 22.8. The molecule has 4 aromatic rings. The molecular formula is C24H24FN5O. The van der Waals surface area contributed by atoms with Gasteiger partial charge in [0.2, 0.25) is 0 Å². The van der Waals surface area contributed by atoms with Gasteiger partial charge in [0, 0.05) is 12.6 Å². The molecule has 0 aliphatic heterocycles. The van der Waals surface area contributed by atoms with Crippen LogP contribution in [0.15, 0.2) is 48.5 Å². The van der Waals surface area contributed by atoms with E-state index in [1.807, 2.05) is 28.8 Å². The average Bonchev–Trinajstić information content (AvgIpc) is 3.08. The lowest BCUT2D eigenvalue weighted by Gasteiger charge is -2.25. The van der Waals surface area contributed by atoms with Gasteiger partial charge in [-0.3, -0.25) is 4.79 Å². The van der Waals surface area contributed by atoms with E-state index in [-0.39, 0.29) is 24.3 Å². The molecule has 0 unspecified atom stereocenters. The van der Waals surface area contributed by atoms with Crippen LogP contribution >= 0.6 is 0 Å². The number of nitrogens with one attached hydrogen (secondary N) is 1. The van der Waals surface area contributed by atoms with E-state index in [1.165, 1.54) is 18.6 Å². The Morgan fingerprint density at radius 2 is 1.71 bits per heavy atom. The third kappa shape index (κ3) is 3.60. The molecule has 0 bridgehead atoms. The third-order valence-electron chi connectivity index (χ3n) is 6.07. The van der Waals surface area contributed by atoms with Crippen molar-refractivity contribution in [3.8, 4) is 0 Å². The fourth-order valence-corrected chi connectivity index (χ4v) is 4.49. The van der Waals surface area contributed by atoms with E-state index in [0.717, 1.165) is 42.3 Å². The van der Waals surface area contributed by atoms with Gasteiger partial charge in [0.25, 0.3) is 5.91 Å². The van der Waals surface area contributed by atoms with Gasteiger partial charge < -0.3 is 15.6 Å². The van der Waals surface area contributed by atoms with Crippen LogP contribution in [0.4, 0.5) is 10.2 Å². The highest BCUT2D eigenvalue weighted by Gasteiger charge is 2.28. The number of anilines is 1. The molecule has 3 N–H and O–H groups in total. The van der Waals surface area contributed by atoms with E-state index in [4.69, 9.17) is 15.7 Å². The minimum absolute atomic E-state index is 0.213. The number of nitrogen functional groups attached to an aromatic ring is 1. The number of para-hydroxylation sites is 2. The van der Waals surface area contributed by atoms with Crippen LogP contribution in [0.3, 0.4) is 0 Å². The van der Waals surface area contributed by atoms with Crippen molar-refractivity contribution in [2.24, 2.45) is 0 Å². The van der Waals surface area contributed by atoms with Gasteiger partial charge in [-0.15, -0.1) is 0 Å². The summed E-state index contributed by atoms with van der Waals surface area (Å²) in [5.41, 5.74) is 10.4. The maximum Gasteiger partial charge on any atom is 0.257 e. The Labute approximate surface area is 179 Å².